The van der Waals surface area contributed by atoms with Gasteiger partial charge in [-0.3, -0.25) is 0 Å². The van der Waals surface area contributed by atoms with Crippen LogP contribution in [0.2, 0.25) is 0 Å². The second-order valence-electron chi connectivity index (χ2n) is 5.64. The van der Waals surface area contributed by atoms with Crippen LogP contribution >= 0.6 is 0 Å². The van der Waals surface area contributed by atoms with E-state index in [0.717, 1.165) is 31.9 Å². The molecule has 1 heterocycles. The van der Waals surface area contributed by atoms with Gasteiger partial charge >= 0.3 is 0 Å². The normalized spacial score (nSPS) is 14.1. The Kier molecular flexibility index (Phi) is 7.60. The van der Waals surface area contributed by atoms with Crippen molar-refractivity contribution in [1.29, 1.82) is 0 Å². The molecule has 0 bridgehead atoms. The lowest BCUT2D eigenvalue weighted by Gasteiger charge is -2.29. The summed E-state index contributed by atoms with van der Waals surface area (Å²) in [5.74, 6) is 1.84. The fourth-order valence-corrected chi connectivity index (χ4v) is 2.35. The molecule has 0 aliphatic carbocycles. The minimum Gasteiger partial charge on any atom is -0.356 e. The summed E-state index contributed by atoms with van der Waals surface area (Å²) in [6.07, 6.45) is 4.28. The zero-order chi connectivity index (χ0) is 15.0. The van der Waals surface area contributed by atoms with Crippen LogP contribution in [0.5, 0.6) is 0 Å². The van der Waals surface area contributed by atoms with Gasteiger partial charge in [0, 0.05) is 30.9 Å². The molecule has 0 aromatic carbocycles. The van der Waals surface area contributed by atoms with Gasteiger partial charge in [0.05, 0.1) is 0 Å². The molecule has 0 saturated carbocycles. The van der Waals surface area contributed by atoms with E-state index < -0.39 is 0 Å². The summed E-state index contributed by atoms with van der Waals surface area (Å²) in [4.78, 5) is 7.06. The molecule has 3 heteroatoms. The summed E-state index contributed by atoms with van der Waals surface area (Å²) < 4.78 is 0. The highest BCUT2D eigenvalue weighted by molar-refractivity contribution is 5.48. The summed E-state index contributed by atoms with van der Waals surface area (Å²) in [5, 5.41) is 3.57. The van der Waals surface area contributed by atoms with E-state index in [9.17, 15) is 0 Å². The lowest BCUT2D eigenvalue weighted by molar-refractivity contribution is 0.536. The topological polar surface area (TPSA) is 28.2 Å². The Bertz CT molecular complexity index is 378. The highest BCUT2D eigenvalue weighted by atomic mass is 15.2. The molecule has 1 rings (SSSR count). The predicted octanol–water partition coefficient (Wildman–Crippen LogP) is 4.01. The van der Waals surface area contributed by atoms with Gasteiger partial charge in [-0.25, -0.2) is 4.98 Å². The monoisotopic (exact) mass is 277 g/mol. The third-order valence-corrected chi connectivity index (χ3v) is 3.89. The van der Waals surface area contributed by atoms with E-state index in [1.165, 1.54) is 12.0 Å². The van der Waals surface area contributed by atoms with Crippen LogP contribution in [0.25, 0.3) is 0 Å². The van der Waals surface area contributed by atoms with Crippen molar-refractivity contribution >= 4 is 5.82 Å². The molecule has 2 unspecified atom stereocenters. The third kappa shape index (κ3) is 4.78. The summed E-state index contributed by atoms with van der Waals surface area (Å²) in [6, 6.07) is 4.60. The van der Waals surface area contributed by atoms with Crippen molar-refractivity contribution in [2.24, 2.45) is 5.92 Å². The average molecular weight is 277 g/mol. The Hall–Kier alpha value is -1.09. The van der Waals surface area contributed by atoms with E-state index >= 15 is 0 Å². The SMILES string of the molecule is CCCNC(C)c1cccnc1N(CC)CC(C)CC. The number of rotatable bonds is 9. The average Bonchev–Trinajstić information content (AvgIpc) is 2.49. The van der Waals surface area contributed by atoms with Crippen molar-refractivity contribution < 1.29 is 0 Å². The standard InChI is InChI=1S/C17H31N3/c1-6-11-18-15(5)16-10-9-12-19-17(16)20(8-3)13-14(4)7-2/h9-10,12,14-15,18H,6-8,11,13H2,1-5H3. The lowest BCUT2D eigenvalue weighted by Crippen LogP contribution is -2.31. The molecule has 0 fully saturated rings. The molecule has 0 spiro atoms. The first-order valence-corrected chi connectivity index (χ1v) is 8.07. The zero-order valence-electron chi connectivity index (χ0n) is 13.8. The minimum absolute atomic E-state index is 0.352. The first kappa shape index (κ1) is 17.0. The van der Waals surface area contributed by atoms with Gasteiger partial charge < -0.3 is 10.2 Å². The molecule has 0 saturated heterocycles. The highest BCUT2D eigenvalue weighted by Gasteiger charge is 2.16. The Balaban J connectivity index is 2.91. The summed E-state index contributed by atoms with van der Waals surface area (Å²) in [5.41, 5.74) is 1.31. The first-order valence-electron chi connectivity index (χ1n) is 8.07. The predicted molar refractivity (Wildman–Crippen MR) is 88.3 cm³/mol. The molecule has 0 amide bonds. The minimum atomic E-state index is 0.352. The van der Waals surface area contributed by atoms with Crippen LogP contribution in [0.3, 0.4) is 0 Å². The van der Waals surface area contributed by atoms with E-state index in [2.05, 4.69) is 55.9 Å². The maximum Gasteiger partial charge on any atom is 0.133 e. The van der Waals surface area contributed by atoms with Crippen molar-refractivity contribution in [2.75, 3.05) is 24.5 Å². The van der Waals surface area contributed by atoms with Crippen molar-refractivity contribution in [2.45, 2.75) is 53.5 Å². The highest BCUT2D eigenvalue weighted by Crippen LogP contribution is 2.24. The molecule has 2 atom stereocenters. The number of nitrogens with one attached hydrogen (secondary N) is 1. The summed E-state index contributed by atoms with van der Waals surface area (Å²) in [7, 11) is 0. The first-order chi connectivity index (χ1) is 9.63. The molecule has 114 valence electrons. The lowest BCUT2D eigenvalue weighted by atomic mass is 10.1. The van der Waals surface area contributed by atoms with E-state index in [1.807, 2.05) is 12.3 Å². The number of hydrogen-bond acceptors (Lipinski definition) is 3. The van der Waals surface area contributed by atoms with Crippen LogP contribution in [-0.2, 0) is 0 Å². The molecule has 0 radical (unpaired) electrons. The van der Waals surface area contributed by atoms with Gasteiger partial charge in [0.1, 0.15) is 5.82 Å². The second-order valence-corrected chi connectivity index (χ2v) is 5.64. The molecular weight excluding hydrogens is 246 g/mol. The smallest absolute Gasteiger partial charge is 0.133 e. The van der Waals surface area contributed by atoms with Crippen molar-refractivity contribution in [3.8, 4) is 0 Å². The summed E-state index contributed by atoms with van der Waals surface area (Å²) in [6.45, 7) is 14.3. The Morgan fingerprint density at radius 2 is 2.00 bits per heavy atom. The van der Waals surface area contributed by atoms with Crippen molar-refractivity contribution in [3.05, 3.63) is 23.9 Å². The number of pyridine rings is 1. The van der Waals surface area contributed by atoms with Crippen LogP contribution in [0.4, 0.5) is 5.82 Å². The third-order valence-electron chi connectivity index (χ3n) is 3.89. The van der Waals surface area contributed by atoms with Crippen molar-refractivity contribution in [3.63, 3.8) is 0 Å². The van der Waals surface area contributed by atoms with E-state index in [-0.39, 0.29) is 0 Å². The Morgan fingerprint density at radius 1 is 1.25 bits per heavy atom. The van der Waals surface area contributed by atoms with Crippen LogP contribution in [0, 0.1) is 5.92 Å². The molecular formula is C17H31N3. The van der Waals surface area contributed by atoms with Crippen molar-refractivity contribution in [1.82, 2.24) is 10.3 Å². The molecule has 1 aromatic heterocycles. The van der Waals surface area contributed by atoms with Gasteiger partial charge in [-0.1, -0.05) is 33.3 Å². The fourth-order valence-electron chi connectivity index (χ4n) is 2.35. The van der Waals surface area contributed by atoms with Gasteiger partial charge in [-0.15, -0.1) is 0 Å². The molecule has 20 heavy (non-hydrogen) atoms. The molecule has 3 nitrogen and oxygen atoms in total. The molecule has 1 N–H and O–H groups in total. The van der Waals surface area contributed by atoms with Crippen LogP contribution in [-0.4, -0.2) is 24.6 Å². The fraction of sp³-hybridized carbons (Fsp3) is 0.706. The van der Waals surface area contributed by atoms with Gasteiger partial charge in [0.25, 0.3) is 0 Å². The van der Waals surface area contributed by atoms with Crippen LogP contribution in [0.1, 0.15) is 59.1 Å². The quantitative estimate of drug-likeness (QED) is 0.739. The Labute approximate surface area is 124 Å². The molecule has 0 aliphatic rings. The number of nitrogens with zero attached hydrogens (tertiary/aromatic N) is 2. The molecule has 0 aliphatic heterocycles. The number of hydrogen-bond donors (Lipinski definition) is 1. The molecule has 1 aromatic rings. The van der Waals surface area contributed by atoms with Gasteiger partial charge in [0.2, 0.25) is 0 Å². The maximum absolute atomic E-state index is 4.65. The van der Waals surface area contributed by atoms with E-state index in [1.54, 1.807) is 0 Å². The zero-order valence-corrected chi connectivity index (χ0v) is 13.8. The van der Waals surface area contributed by atoms with E-state index in [0.29, 0.717) is 12.0 Å². The van der Waals surface area contributed by atoms with Crippen LogP contribution in [0.15, 0.2) is 18.3 Å². The second kappa shape index (κ2) is 8.96. The van der Waals surface area contributed by atoms with Gasteiger partial charge in [-0.2, -0.15) is 0 Å². The van der Waals surface area contributed by atoms with Crippen LogP contribution < -0.4 is 10.2 Å². The maximum atomic E-state index is 4.65. The Morgan fingerprint density at radius 3 is 2.60 bits per heavy atom. The number of aromatic nitrogens is 1. The van der Waals surface area contributed by atoms with E-state index in [4.69, 9.17) is 0 Å². The van der Waals surface area contributed by atoms with Gasteiger partial charge in [0.15, 0.2) is 0 Å². The largest absolute Gasteiger partial charge is 0.356 e. The summed E-state index contributed by atoms with van der Waals surface area (Å²) >= 11 is 0. The number of anilines is 1. The van der Waals surface area contributed by atoms with Gasteiger partial charge in [-0.05, 0) is 38.8 Å².